The molecule has 0 fully saturated rings. The number of carbonyl (C=O) groups is 1. The number of unbranched alkanes of at least 4 members (excludes halogenated alkanes) is 4. The molecule has 0 bridgehead atoms. The van der Waals surface area contributed by atoms with Gasteiger partial charge in [0.05, 0.1) is 6.10 Å². The number of rotatable bonds is 9. The molecule has 0 aromatic carbocycles. The van der Waals surface area contributed by atoms with Crippen molar-refractivity contribution in [2.45, 2.75) is 64.9 Å². The second kappa shape index (κ2) is 9.91. The van der Waals surface area contributed by atoms with Gasteiger partial charge in [0, 0.05) is 6.42 Å². The molecule has 0 heterocycles. The summed E-state index contributed by atoms with van der Waals surface area (Å²) in [6.07, 6.45) is 9.78. The van der Waals surface area contributed by atoms with Crippen molar-refractivity contribution in [1.29, 1.82) is 0 Å². The third kappa shape index (κ3) is 9.67. The Kier molecular flexibility index (Phi) is 9.49. The van der Waals surface area contributed by atoms with Crippen LogP contribution in [0.4, 0.5) is 0 Å². The topological polar surface area (TPSA) is 37.3 Å². The largest absolute Gasteiger partial charge is 0.389 e. The molecular formula is C13H24O2. The summed E-state index contributed by atoms with van der Waals surface area (Å²) in [5, 5.41) is 9.21. The molecule has 1 N–H and O–H groups in total. The van der Waals surface area contributed by atoms with Gasteiger partial charge in [0.2, 0.25) is 0 Å². The van der Waals surface area contributed by atoms with Gasteiger partial charge in [-0.1, -0.05) is 45.6 Å². The third-order valence-corrected chi connectivity index (χ3v) is 2.45. The summed E-state index contributed by atoms with van der Waals surface area (Å²) in [5.74, 6) is 0.138. The number of hydrogen-bond acceptors (Lipinski definition) is 2. The Labute approximate surface area is 93.4 Å². The quantitative estimate of drug-likeness (QED) is 0.470. The number of allylic oxidation sites excluding steroid dienone is 1. The summed E-state index contributed by atoms with van der Waals surface area (Å²) >= 11 is 0. The number of ketones is 1. The van der Waals surface area contributed by atoms with Crippen molar-refractivity contribution in [3.05, 3.63) is 12.2 Å². The molecule has 0 rings (SSSR count). The standard InChI is InChI=1S/C13H24O2/c1-3-5-6-7-8-9-13(15)11-10-12(14)4-2/h10-12,14H,3-9H2,1-2H3/b11-10+. The van der Waals surface area contributed by atoms with E-state index in [4.69, 9.17) is 0 Å². The van der Waals surface area contributed by atoms with Crippen molar-refractivity contribution in [3.63, 3.8) is 0 Å². The van der Waals surface area contributed by atoms with E-state index in [0.717, 1.165) is 12.8 Å². The molecule has 0 aromatic rings. The van der Waals surface area contributed by atoms with E-state index in [1.165, 1.54) is 25.3 Å². The number of aliphatic hydroxyl groups excluding tert-OH is 1. The lowest BCUT2D eigenvalue weighted by molar-refractivity contribution is -0.114. The zero-order valence-corrected chi connectivity index (χ0v) is 10.0. The SMILES string of the molecule is CCCCCCCC(=O)/C=C/C(O)CC. The molecule has 0 spiro atoms. The van der Waals surface area contributed by atoms with Gasteiger partial charge in [0.25, 0.3) is 0 Å². The number of carbonyl (C=O) groups excluding carboxylic acids is 1. The second-order valence-electron chi connectivity index (χ2n) is 3.97. The van der Waals surface area contributed by atoms with Gasteiger partial charge in [-0.15, -0.1) is 0 Å². The molecule has 0 aliphatic heterocycles. The molecule has 88 valence electrons. The van der Waals surface area contributed by atoms with Gasteiger partial charge < -0.3 is 5.11 Å². The maximum atomic E-state index is 11.3. The summed E-state index contributed by atoms with van der Waals surface area (Å²) in [7, 11) is 0. The molecule has 2 nitrogen and oxygen atoms in total. The minimum absolute atomic E-state index is 0.138. The zero-order chi connectivity index (χ0) is 11.5. The fourth-order valence-corrected chi connectivity index (χ4v) is 1.34. The van der Waals surface area contributed by atoms with Crippen LogP contribution in [0.2, 0.25) is 0 Å². The molecule has 1 unspecified atom stereocenters. The summed E-state index contributed by atoms with van der Waals surface area (Å²) in [5.41, 5.74) is 0. The van der Waals surface area contributed by atoms with E-state index in [0.29, 0.717) is 12.8 Å². The van der Waals surface area contributed by atoms with Crippen LogP contribution < -0.4 is 0 Å². The van der Waals surface area contributed by atoms with Crippen molar-refractivity contribution in [2.24, 2.45) is 0 Å². The Bertz CT molecular complexity index is 185. The highest BCUT2D eigenvalue weighted by Gasteiger charge is 1.98. The van der Waals surface area contributed by atoms with Crippen LogP contribution >= 0.6 is 0 Å². The second-order valence-corrected chi connectivity index (χ2v) is 3.97. The van der Waals surface area contributed by atoms with Crippen LogP contribution in [0.3, 0.4) is 0 Å². The number of hydrogen-bond donors (Lipinski definition) is 1. The van der Waals surface area contributed by atoms with Crippen LogP contribution in [0.15, 0.2) is 12.2 Å². The predicted molar refractivity (Wildman–Crippen MR) is 63.8 cm³/mol. The molecule has 0 amide bonds. The van der Waals surface area contributed by atoms with E-state index < -0.39 is 6.10 Å². The van der Waals surface area contributed by atoms with E-state index in [2.05, 4.69) is 6.92 Å². The van der Waals surface area contributed by atoms with Gasteiger partial charge in [-0.2, -0.15) is 0 Å². The molecule has 2 heteroatoms. The predicted octanol–water partition coefficient (Wildman–Crippen LogP) is 3.24. The lowest BCUT2D eigenvalue weighted by Gasteiger charge is -1.99. The Morgan fingerprint density at radius 2 is 1.87 bits per heavy atom. The van der Waals surface area contributed by atoms with Crippen LogP contribution in [0.25, 0.3) is 0 Å². The van der Waals surface area contributed by atoms with E-state index in [1.807, 2.05) is 6.92 Å². The molecule has 1 atom stereocenters. The average molecular weight is 212 g/mol. The lowest BCUT2D eigenvalue weighted by Crippen LogP contribution is -2.01. The molecular weight excluding hydrogens is 188 g/mol. The first-order valence-corrected chi connectivity index (χ1v) is 6.09. The molecule has 0 aliphatic rings. The van der Waals surface area contributed by atoms with E-state index in [9.17, 15) is 9.90 Å². The summed E-state index contributed by atoms with van der Waals surface area (Å²) in [6, 6.07) is 0. The van der Waals surface area contributed by atoms with Crippen LogP contribution in [0.1, 0.15) is 58.8 Å². The first kappa shape index (κ1) is 14.4. The van der Waals surface area contributed by atoms with Gasteiger partial charge >= 0.3 is 0 Å². The van der Waals surface area contributed by atoms with Gasteiger partial charge in [-0.3, -0.25) is 4.79 Å². The third-order valence-electron chi connectivity index (χ3n) is 2.45. The molecule has 0 aromatic heterocycles. The summed E-state index contributed by atoms with van der Waals surface area (Å²) in [4.78, 5) is 11.3. The van der Waals surface area contributed by atoms with Crippen molar-refractivity contribution < 1.29 is 9.90 Å². The highest BCUT2D eigenvalue weighted by molar-refractivity contribution is 5.89. The van der Waals surface area contributed by atoms with Crippen LogP contribution in [0.5, 0.6) is 0 Å². The Morgan fingerprint density at radius 3 is 2.47 bits per heavy atom. The molecule has 15 heavy (non-hydrogen) atoms. The van der Waals surface area contributed by atoms with Crippen molar-refractivity contribution in [2.75, 3.05) is 0 Å². The average Bonchev–Trinajstić information content (AvgIpc) is 2.25. The van der Waals surface area contributed by atoms with Crippen molar-refractivity contribution in [1.82, 2.24) is 0 Å². The minimum atomic E-state index is -0.464. The summed E-state index contributed by atoms with van der Waals surface area (Å²) < 4.78 is 0. The smallest absolute Gasteiger partial charge is 0.155 e. The van der Waals surface area contributed by atoms with Crippen LogP contribution in [0, 0.1) is 0 Å². The van der Waals surface area contributed by atoms with Crippen LogP contribution in [-0.2, 0) is 4.79 Å². The molecule has 0 aliphatic carbocycles. The normalized spacial score (nSPS) is 13.3. The monoisotopic (exact) mass is 212 g/mol. The maximum absolute atomic E-state index is 11.3. The van der Waals surface area contributed by atoms with E-state index in [1.54, 1.807) is 6.08 Å². The maximum Gasteiger partial charge on any atom is 0.155 e. The highest BCUT2D eigenvalue weighted by Crippen LogP contribution is 2.05. The number of aliphatic hydroxyl groups is 1. The Hall–Kier alpha value is -0.630. The highest BCUT2D eigenvalue weighted by atomic mass is 16.3. The minimum Gasteiger partial charge on any atom is -0.389 e. The van der Waals surface area contributed by atoms with Gasteiger partial charge in [-0.05, 0) is 18.9 Å². The summed E-state index contributed by atoms with van der Waals surface area (Å²) in [6.45, 7) is 4.07. The van der Waals surface area contributed by atoms with E-state index >= 15 is 0 Å². The first-order chi connectivity index (χ1) is 7.20. The Balaban J connectivity index is 3.45. The lowest BCUT2D eigenvalue weighted by atomic mass is 10.1. The van der Waals surface area contributed by atoms with Crippen molar-refractivity contribution in [3.8, 4) is 0 Å². The fraction of sp³-hybridized carbons (Fsp3) is 0.769. The van der Waals surface area contributed by atoms with E-state index in [-0.39, 0.29) is 5.78 Å². The van der Waals surface area contributed by atoms with Crippen molar-refractivity contribution >= 4 is 5.78 Å². The zero-order valence-electron chi connectivity index (χ0n) is 10.0. The van der Waals surface area contributed by atoms with Crippen LogP contribution in [-0.4, -0.2) is 17.0 Å². The molecule has 0 saturated heterocycles. The fourth-order valence-electron chi connectivity index (χ4n) is 1.34. The van der Waals surface area contributed by atoms with Gasteiger partial charge in [0.15, 0.2) is 5.78 Å². The van der Waals surface area contributed by atoms with Gasteiger partial charge in [0.1, 0.15) is 0 Å². The molecule has 0 radical (unpaired) electrons. The first-order valence-electron chi connectivity index (χ1n) is 6.09. The Morgan fingerprint density at radius 1 is 1.20 bits per heavy atom. The van der Waals surface area contributed by atoms with Gasteiger partial charge in [-0.25, -0.2) is 0 Å². The molecule has 0 saturated carbocycles.